The maximum Gasteiger partial charge on any atom is 0.0476 e. The summed E-state index contributed by atoms with van der Waals surface area (Å²) >= 11 is 0. The first-order valence-corrected chi connectivity index (χ1v) is 8.97. The summed E-state index contributed by atoms with van der Waals surface area (Å²) in [5, 5.41) is 9.31. The van der Waals surface area contributed by atoms with Crippen LogP contribution in [0.3, 0.4) is 0 Å². The molecular weight excluding hydrogens is 506 g/mol. The Kier molecular flexibility index (Phi) is 7.37. The number of rotatable bonds is 6. The normalized spacial score (nSPS) is 10.1. The summed E-state index contributed by atoms with van der Waals surface area (Å²) in [7, 11) is 2.02. The fourth-order valence-corrected chi connectivity index (χ4v) is 3.31. The Bertz CT molecular complexity index is 922. The van der Waals surface area contributed by atoms with Gasteiger partial charge in [-0.1, -0.05) is 36.4 Å². The monoisotopic (exact) mass is 530 g/mol. The standard InChI is InChI=1S/C22H23N4.Re/c1-4-14-26(5-2)19-8-6-17(7-9-19)21-10-11-22(25(21)3)20-12-13-24-16-18(20)15-23;/h6-13H,4-5,14H2,1-3H3;/q-1;. The number of nitriles is 1. The third kappa shape index (κ3) is 4.30. The van der Waals surface area contributed by atoms with E-state index in [1.165, 1.54) is 5.69 Å². The summed E-state index contributed by atoms with van der Waals surface area (Å²) in [6.45, 7) is 6.47. The molecule has 5 heteroatoms. The minimum absolute atomic E-state index is 0. The second-order valence-electron chi connectivity index (χ2n) is 6.25. The van der Waals surface area contributed by atoms with Crippen molar-refractivity contribution in [1.82, 2.24) is 9.55 Å². The van der Waals surface area contributed by atoms with Crippen LogP contribution in [0.25, 0.3) is 22.5 Å². The van der Waals surface area contributed by atoms with Crippen molar-refractivity contribution in [2.75, 3.05) is 18.0 Å². The molecule has 0 aliphatic carbocycles. The fraction of sp³-hybridized carbons (Fsp3) is 0.273. The molecule has 1 radical (unpaired) electrons. The quantitative estimate of drug-likeness (QED) is 0.437. The number of nitrogens with zero attached hydrogens (tertiary/aromatic N) is 4. The third-order valence-corrected chi connectivity index (χ3v) is 4.67. The predicted molar refractivity (Wildman–Crippen MR) is 106 cm³/mol. The average Bonchev–Trinajstić information content (AvgIpc) is 3.07. The van der Waals surface area contributed by atoms with Gasteiger partial charge in [-0.05, 0) is 55.4 Å². The van der Waals surface area contributed by atoms with Gasteiger partial charge in [0.1, 0.15) is 0 Å². The van der Waals surface area contributed by atoms with E-state index < -0.39 is 0 Å². The number of benzene rings is 1. The molecule has 0 bridgehead atoms. The molecule has 0 amide bonds. The van der Waals surface area contributed by atoms with E-state index in [9.17, 15) is 5.26 Å². The van der Waals surface area contributed by atoms with Gasteiger partial charge < -0.3 is 14.5 Å². The Labute approximate surface area is 175 Å². The molecule has 0 atom stereocenters. The van der Waals surface area contributed by atoms with Gasteiger partial charge in [0.25, 0.3) is 0 Å². The van der Waals surface area contributed by atoms with Crippen LogP contribution >= 0.6 is 0 Å². The van der Waals surface area contributed by atoms with Crippen LogP contribution < -0.4 is 4.90 Å². The van der Waals surface area contributed by atoms with Crippen molar-refractivity contribution in [2.24, 2.45) is 7.05 Å². The van der Waals surface area contributed by atoms with E-state index in [1.807, 2.05) is 19.2 Å². The van der Waals surface area contributed by atoms with Gasteiger partial charge in [0.2, 0.25) is 0 Å². The van der Waals surface area contributed by atoms with Crippen LogP contribution in [0.4, 0.5) is 5.69 Å². The topological polar surface area (TPSA) is 44.9 Å². The van der Waals surface area contributed by atoms with Crippen LogP contribution in [0.15, 0.2) is 48.7 Å². The molecule has 139 valence electrons. The van der Waals surface area contributed by atoms with E-state index in [-0.39, 0.29) is 20.4 Å². The van der Waals surface area contributed by atoms with Gasteiger partial charge in [0.15, 0.2) is 0 Å². The molecule has 3 rings (SSSR count). The molecule has 0 saturated carbocycles. The number of aromatic nitrogens is 2. The SMILES string of the molecule is CCCN(CC)c1ccc(-c2ccc(-c3ccn[c-]c3C#N)n2C)cc1.[Re]. The molecule has 0 spiro atoms. The molecule has 3 aromatic rings. The first-order valence-electron chi connectivity index (χ1n) is 8.97. The van der Waals surface area contributed by atoms with Crippen LogP contribution in [-0.4, -0.2) is 22.6 Å². The Hall–Kier alpha value is -2.40. The van der Waals surface area contributed by atoms with Gasteiger partial charge in [-0.15, -0.1) is 6.07 Å². The molecule has 0 unspecified atom stereocenters. The van der Waals surface area contributed by atoms with Gasteiger partial charge in [0.05, 0.1) is 0 Å². The zero-order chi connectivity index (χ0) is 18.5. The molecule has 1 aromatic carbocycles. The molecule has 0 N–H and O–H groups in total. The van der Waals surface area contributed by atoms with Crippen LogP contribution in [0.1, 0.15) is 25.8 Å². The molecule has 0 saturated heterocycles. The first-order chi connectivity index (χ1) is 12.7. The molecule has 4 nitrogen and oxygen atoms in total. The van der Waals surface area contributed by atoms with Crippen molar-refractivity contribution < 1.29 is 20.4 Å². The van der Waals surface area contributed by atoms with Crippen LogP contribution in [-0.2, 0) is 27.5 Å². The van der Waals surface area contributed by atoms with E-state index in [0.717, 1.165) is 42.0 Å². The number of pyridine rings is 1. The van der Waals surface area contributed by atoms with E-state index in [0.29, 0.717) is 5.56 Å². The van der Waals surface area contributed by atoms with Gasteiger partial charge in [0, 0.05) is 57.6 Å². The smallest absolute Gasteiger partial charge is 0.0476 e. The van der Waals surface area contributed by atoms with Crippen molar-refractivity contribution >= 4 is 5.69 Å². The second kappa shape index (κ2) is 9.51. The molecular formula is C22H23N4Re-. The van der Waals surface area contributed by atoms with Gasteiger partial charge >= 0.3 is 0 Å². The minimum atomic E-state index is 0. The second-order valence-corrected chi connectivity index (χ2v) is 6.25. The van der Waals surface area contributed by atoms with Gasteiger partial charge in [-0.25, -0.2) is 0 Å². The largest absolute Gasteiger partial charge is 0.372 e. The first kappa shape index (κ1) is 20.9. The minimum Gasteiger partial charge on any atom is -0.372 e. The van der Waals surface area contributed by atoms with Gasteiger partial charge in [-0.2, -0.15) is 0 Å². The van der Waals surface area contributed by atoms with E-state index in [4.69, 9.17) is 0 Å². The molecule has 0 aliphatic rings. The summed E-state index contributed by atoms with van der Waals surface area (Å²) in [6, 6.07) is 16.9. The zero-order valence-corrected chi connectivity index (χ0v) is 18.6. The summed E-state index contributed by atoms with van der Waals surface area (Å²) < 4.78 is 2.11. The summed E-state index contributed by atoms with van der Waals surface area (Å²) in [4.78, 5) is 6.31. The number of hydrogen-bond donors (Lipinski definition) is 0. The molecule has 2 heterocycles. The van der Waals surface area contributed by atoms with E-state index in [2.05, 4.69) is 70.9 Å². The maximum atomic E-state index is 9.31. The molecule has 0 fully saturated rings. The number of hydrogen-bond acceptors (Lipinski definition) is 3. The molecule has 27 heavy (non-hydrogen) atoms. The molecule has 0 aliphatic heterocycles. The number of anilines is 1. The van der Waals surface area contributed by atoms with Crippen LogP contribution in [0, 0.1) is 17.5 Å². The van der Waals surface area contributed by atoms with Gasteiger partial charge in [-0.3, -0.25) is 5.26 Å². The summed E-state index contributed by atoms with van der Waals surface area (Å²) in [5.41, 5.74) is 5.84. The average molecular weight is 530 g/mol. The van der Waals surface area contributed by atoms with Crippen molar-refractivity contribution in [2.45, 2.75) is 20.3 Å². The van der Waals surface area contributed by atoms with Crippen LogP contribution in [0.5, 0.6) is 0 Å². The maximum absolute atomic E-state index is 9.31. The Morgan fingerprint density at radius 2 is 1.78 bits per heavy atom. The summed E-state index contributed by atoms with van der Waals surface area (Å²) in [5.74, 6) is 0. The molecule has 2 aromatic heterocycles. The predicted octanol–water partition coefficient (Wildman–Crippen LogP) is 4.66. The van der Waals surface area contributed by atoms with Crippen molar-refractivity contribution in [3.05, 3.63) is 60.4 Å². The zero-order valence-electron chi connectivity index (χ0n) is 15.9. The Morgan fingerprint density at radius 1 is 1.07 bits per heavy atom. The fourth-order valence-electron chi connectivity index (χ4n) is 3.31. The third-order valence-electron chi connectivity index (χ3n) is 4.67. The van der Waals surface area contributed by atoms with Crippen LogP contribution in [0.2, 0.25) is 0 Å². The van der Waals surface area contributed by atoms with Crippen molar-refractivity contribution in [1.29, 1.82) is 5.26 Å². The van der Waals surface area contributed by atoms with Crippen molar-refractivity contribution in [3.63, 3.8) is 0 Å². The Balaban J connectivity index is 0.00000261. The Morgan fingerprint density at radius 3 is 2.41 bits per heavy atom. The summed E-state index contributed by atoms with van der Waals surface area (Å²) in [6.07, 6.45) is 5.58. The van der Waals surface area contributed by atoms with E-state index in [1.54, 1.807) is 6.20 Å². The van der Waals surface area contributed by atoms with Crippen molar-refractivity contribution in [3.8, 4) is 28.6 Å². The van der Waals surface area contributed by atoms with E-state index >= 15 is 0 Å².